The van der Waals surface area contributed by atoms with E-state index in [-0.39, 0.29) is 17.3 Å². The van der Waals surface area contributed by atoms with Gasteiger partial charge in [-0.2, -0.15) is 5.10 Å². The van der Waals surface area contributed by atoms with Crippen molar-refractivity contribution < 1.29 is 13.9 Å². The zero-order valence-corrected chi connectivity index (χ0v) is 14.7. The van der Waals surface area contributed by atoms with Crippen LogP contribution in [0.4, 0.5) is 4.39 Å². The first-order chi connectivity index (χ1) is 12.5. The third-order valence-electron chi connectivity index (χ3n) is 6.17. The van der Waals surface area contributed by atoms with E-state index >= 15 is 0 Å². The van der Waals surface area contributed by atoms with E-state index < -0.39 is 5.79 Å². The molecular formula is C21H21FN2O2. The Balaban J connectivity index is 1.55. The SMILES string of the molecule is C=C[C@H]1CO[C@@]2(CCC3=Cc4c(cnn4-c4ccc(F)cc4)C[C@@]32C)O1. The molecule has 2 heterocycles. The Kier molecular flexibility index (Phi) is 3.30. The van der Waals surface area contributed by atoms with Crippen LogP contribution in [-0.4, -0.2) is 28.3 Å². The molecule has 1 spiro atoms. The van der Waals surface area contributed by atoms with Crippen molar-refractivity contribution >= 4 is 6.08 Å². The molecule has 2 aromatic rings. The van der Waals surface area contributed by atoms with Crippen LogP contribution in [0.1, 0.15) is 31.0 Å². The summed E-state index contributed by atoms with van der Waals surface area (Å²) in [5.74, 6) is -0.821. The van der Waals surface area contributed by atoms with Gasteiger partial charge in [0.1, 0.15) is 11.9 Å². The highest BCUT2D eigenvalue weighted by atomic mass is 19.1. The van der Waals surface area contributed by atoms with Crippen molar-refractivity contribution in [3.05, 3.63) is 65.8 Å². The highest BCUT2D eigenvalue weighted by Crippen LogP contribution is 2.59. The Morgan fingerprint density at radius 3 is 2.88 bits per heavy atom. The van der Waals surface area contributed by atoms with Crippen LogP contribution in [0.5, 0.6) is 0 Å². The van der Waals surface area contributed by atoms with Crippen molar-refractivity contribution in [1.29, 1.82) is 0 Å². The molecule has 3 aliphatic rings. The van der Waals surface area contributed by atoms with Crippen LogP contribution in [0, 0.1) is 11.2 Å². The maximum absolute atomic E-state index is 13.2. The van der Waals surface area contributed by atoms with Gasteiger partial charge in [0.25, 0.3) is 0 Å². The molecule has 1 aromatic carbocycles. The lowest BCUT2D eigenvalue weighted by molar-refractivity contribution is -0.214. The molecule has 134 valence electrons. The van der Waals surface area contributed by atoms with Crippen LogP contribution in [0.25, 0.3) is 11.8 Å². The molecule has 1 aromatic heterocycles. The zero-order chi connectivity index (χ0) is 17.9. The van der Waals surface area contributed by atoms with E-state index in [1.807, 2.05) is 17.0 Å². The van der Waals surface area contributed by atoms with E-state index in [2.05, 4.69) is 24.7 Å². The number of hydrogen-bond donors (Lipinski definition) is 0. The van der Waals surface area contributed by atoms with Gasteiger partial charge >= 0.3 is 0 Å². The maximum atomic E-state index is 13.2. The molecule has 1 saturated carbocycles. The van der Waals surface area contributed by atoms with Gasteiger partial charge in [-0.3, -0.25) is 0 Å². The Bertz CT molecular complexity index is 917. The average Bonchev–Trinajstić information content (AvgIpc) is 3.31. The van der Waals surface area contributed by atoms with E-state index in [1.165, 1.54) is 17.7 Å². The lowest BCUT2D eigenvalue weighted by atomic mass is 9.72. The van der Waals surface area contributed by atoms with Gasteiger partial charge in [0.05, 0.1) is 24.2 Å². The van der Waals surface area contributed by atoms with E-state index in [4.69, 9.17) is 9.47 Å². The number of rotatable bonds is 2. The fourth-order valence-electron chi connectivity index (χ4n) is 4.66. The normalized spacial score (nSPS) is 32.4. The van der Waals surface area contributed by atoms with Gasteiger partial charge < -0.3 is 9.47 Å². The van der Waals surface area contributed by atoms with Crippen LogP contribution in [-0.2, 0) is 15.9 Å². The minimum absolute atomic E-state index is 0.0467. The predicted octanol–water partition coefficient (Wildman–Crippen LogP) is 4.05. The van der Waals surface area contributed by atoms with Crippen LogP contribution < -0.4 is 0 Å². The summed E-state index contributed by atoms with van der Waals surface area (Å²) in [6, 6.07) is 6.43. The predicted molar refractivity (Wildman–Crippen MR) is 96.3 cm³/mol. The lowest BCUT2D eigenvalue weighted by Gasteiger charge is -2.41. The second-order valence-electron chi connectivity index (χ2n) is 7.58. The molecule has 3 atom stereocenters. The largest absolute Gasteiger partial charge is 0.346 e. The monoisotopic (exact) mass is 352 g/mol. The van der Waals surface area contributed by atoms with Gasteiger partial charge in [0.15, 0.2) is 5.79 Å². The number of hydrogen-bond acceptors (Lipinski definition) is 3. The highest BCUT2D eigenvalue weighted by molar-refractivity contribution is 5.62. The van der Waals surface area contributed by atoms with Crippen molar-refractivity contribution in [1.82, 2.24) is 9.78 Å². The third kappa shape index (κ3) is 2.04. The van der Waals surface area contributed by atoms with Gasteiger partial charge in [-0.25, -0.2) is 9.07 Å². The van der Waals surface area contributed by atoms with E-state index in [0.717, 1.165) is 36.2 Å². The molecule has 0 radical (unpaired) electrons. The van der Waals surface area contributed by atoms with Gasteiger partial charge in [-0.1, -0.05) is 18.6 Å². The fourth-order valence-corrected chi connectivity index (χ4v) is 4.66. The summed E-state index contributed by atoms with van der Waals surface area (Å²) >= 11 is 0. The summed E-state index contributed by atoms with van der Waals surface area (Å²) in [4.78, 5) is 0. The molecule has 4 nitrogen and oxygen atoms in total. The summed E-state index contributed by atoms with van der Waals surface area (Å²) in [6.07, 6.45) is 8.51. The van der Waals surface area contributed by atoms with E-state index in [9.17, 15) is 4.39 Å². The second-order valence-corrected chi connectivity index (χ2v) is 7.58. The Morgan fingerprint density at radius 1 is 1.35 bits per heavy atom. The first-order valence-corrected chi connectivity index (χ1v) is 9.03. The van der Waals surface area contributed by atoms with E-state index in [1.54, 1.807) is 12.1 Å². The summed E-state index contributed by atoms with van der Waals surface area (Å²) < 4.78 is 27.6. The smallest absolute Gasteiger partial charge is 0.178 e. The third-order valence-corrected chi connectivity index (χ3v) is 6.17. The Labute approximate surface area is 151 Å². The first-order valence-electron chi connectivity index (χ1n) is 9.03. The molecule has 1 aliphatic heterocycles. The van der Waals surface area contributed by atoms with Crippen molar-refractivity contribution in [3.8, 4) is 5.69 Å². The molecule has 0 bridgehead atoms. The number of ether oxygens (including phenoxy) is 2. The first kappa shape index (κ1) is 16.0. The van der Waals surface area contributed by atoms with Gasteiger partial charge in [-0.05, 0) is 48.7 Å². The van der Waals surface area contributed by atoms with Crippen molar-refractivity contribution in [2.24, 2.45) is 5.41 Å². The molecule has 1 saturated heterocycles. The lowest BCUT2D eigenvalue weighted by Crippen LogP contribution is -2.46. The minimum atomic E-state index is -0.576. The molecule has 5 heteroatoms. The number of halogens is 1. The zero-order valence-electron chi connectivity index (χ0n) is 14.7. The number of fused-ring (bicyclic) bond motifs is 3. The molecule has 2 fully saturated rings. The molecule has 26 heavy (non-hydrogen) atoms. The van der Waals surface area contributed by atoms with Crippen LogP contribution >= 0.6 is 0 Å². The maximum Gasteiger partial charge on any atom is 0.178 e. The average molecular weight is 352 g/mol. The standard InChI is InChI=1S/C21H21FN2O2/c1-3-18-13-25-21(26-18)9-8-15-10-19-14(11-20(15,21)2)12-23-24(19)17-6-4-16(22)5-7-17/h3-7,10,12,18H,1,8-9,11,13H2,2H3/t18-,20-,21-/m0/s1. The molecule has 0 unspecified atom stereocenters. The van der Waals surface area contributed by atoms with Gasteiger partial charge in [-0.15, -0.1) is 6.58 Å². The highest BCUT2D eigenvalue weighted by Gasteiger charge is 2.61. The quantitative estimate of drug-likeness (QED) is 0.765. The molecule has 0 N–H and O–H groups in total. The van der Waals surface area contributed by atoms with Gasteiger partial charge in [0, 0.05) is 11.8 Å². The van der Waals surface area contributed by atoms with Crippen molar-refractivity contribution in [3.63, 3.8) is 0 Å². The van der Waals surface area contributed by atoms with Crippen molar-refractivity contribution in [2.45, 2.75) is 38.1 Å². The summed E-state index contributed by atoms with van der Waals surface area (Å²) in [6.45, 7) is 6.64. The summed E-state index contributed by atoms with van der Waals surface area (Å²) in [5.41, 5.74) is 4.23. The topological polar surface area (TPSA) is 36.3 Å². The van der Waals surface area contributed by atoms with Crippen LogP contribution in [0.15, 0.2) is 48.7 Å². The minimum Gasteiger partial charge on any atom is -0.346 e. The van der Waals surface area contributed by atoms with Gasteiger partial charge in [0.2, 0.25) is 0 Å². The number of benzene rings is 1. The summed E-state index contributed by atoms with van der Waals surface area (Å²) in [5, 5.41) is 4.55. The number of aromatic nitrogens is 2. The van der Waals surface area contributed by atoms with Crippen LogP contribution in [0.3, 0.4) is 0 Å². The molecule has 5 rings (SSSR count). The second kappa shape index (κ2) is 5.38. The molecule has 2 aliphatic carbocycles. The number of nitrogens with zero attached hydrogens (tertiary/aromatic N) is 2. The molecular weight excluding hydrogens is 331 g/mol. The summed E-state index contributed by atoms with van der Waals surface area (Å²) in [7, 11) is 0. The Hall–Kier alpha value is -2.24. The Morgan fingerprint density at radius 2 is 2.15 bits per heavy atom. The van der Waals surface area contributed by atoms with E-state index in [0.29, 0.717) is 6.61 Å². The van der Waals surface area contributed by atoms with Crippen LogP contribution in [0.2, 0.25) is 0 Å². The fraction of sp³-hybridized carbons (Fsp3) is 0.381. The van der Waals surface area contributed by atoms with Crippen molar-refractivity contribution in [2.75, 3.05) is 6.61 Å². The molecule has 0 amide bonds.